The van der Waals surface area contributed by atoms with E-state index in [1.165, 1.54) is 11.1 Å². The number of ether oxygens (including phenoxy) is 1. The highest BCUT2D eigenvalue weighted by atomic mass is 16.6. The van der Waals surface area contributed by atoms with E-state index in [9.17, 15) is 4.79 Å². The van der Waals surface area contributed by atoms with E-state index in [1.54, 1.807) is 0 Å². The Morgan fingerprint density at radius 1 is 0.933 bits per heavy atom. The summed E-state index contributed by atoms with van der Waals surface area (Å²) in [5, 5.41) is 0. The average Bonchev–Trinajstić information content (AvgIpc) is 2.84. The van der Waals surface area contributed by atoms with Gasteiger partial charge >= 0.3 is 5.97 Å². The van der Waals surface area contributed by atoms with Crippen LogP contribution in [0, 0.1) is 17.8 Å². The van der Waals surface area contributed by atoms with E-state index in [0.29, 0.717) is 23.7 Å². The number of rotatable bonds is 0. The maximum Gasteiger partial charge on any atom is 0.310 e. The van der Waals surface area contributed by atoms with Crippen molar-refractivity contribution >= 4 is 5.97 Å². The first kappa shape index (κ1) is 7.04. The molecule has 6 bridgehead atoms. The lowest BCUT2D eigenvalue weighted by Crippen LogP contribution is -2.24. The SMILES string of the molecule is O=C1O[C@H]2[C@H]3c4ccccc4[C@H]4[C@@H]2[C@H]4[C@@H]13. The molecule has 4 aliphatic carbocycles. The van der Waals surface area contributed by atoms with Crippen LogP contribution in [0.5, 0.6) is 0 Å². The van der Waals surface area contributed by atoms with Crippen LogP contribution in [-0.4, -0.2) is 12.1 Å². The monoisotopic (exact) mass is 198 g/mol. The third-order valence-electron chi connectivity index (χ3n) is 4.91. The number of carbonyl (C=O) groups is 1. The largest absolute Gasteiger partial charge is 0.461 e. The summed E-state index contributed by atoms with van der Waals surface area (Å²) in [7, 11) is 0. The number of esters is 1. The Hall–Kier alpha value is -1.31. The summed E-state index contributed by atoms with van der Waals surface area (Å²) in [5.74, 6) is 2.63. The van der Waals surface area contributed by atoms with Crippen molar-refractivity contribution in [3.8, 4) is 0 Å². The summed E-state index contributed by atoms with van der Waals surface area (Å²) < 4.78 is 5.47. The molecule has 2 saturated carbocycles. The van der Waals surface area contributed by atoms with Gasteiger partial charge in [0.25, 0.3) is 0 Å². The van der Waals surface area contributed by atoms with Crippen molar-refractivity contribution in [1.29, 1.82) is 0 Å². The van der Waals surface area contributed by atoms with E-state index in [2.05, 4.69) is 24.3 Å². The molecule has 0 N–H and O–H groups in total. The molecule has 0 spiro atoms. The Kier molecular flexibility index (Phi) is 0.865. The lowest BCUT2D eigenvalue weighted by molar-refractivity contribution is -0.148. The number of benzene rings is 1. The Balaban J connectivity index is 1.84. The van der Waals surface area contributed by atoms with Gasteiger partial charge in [-0.2, -0.15) is 0 Å². The van der Waals surface area contributed by atoms with Gasteiger partial charge in [0, 0.05) is 11.8 Å². The van der Waals surface area contributed by atoms with E-state index in [-0.39, 0.29) is 18.0 Å². The zero-order chi connectivity index (χ0) is 9.73. The molecule has 1 aliphatic heterocycles. The first-order valence-corrected chi connectivity index (χ1v) is 5.67. The number of hydrogen-bond acceptors (Lipinski definition) is 2. The molecule has 5 aliphatic rings. The Bertz CT molecular complexity index is 507. The van der Waals surface area contributed by atoms with Crippen molar-refractivity contribution in [3.63, 3.8) is 0 Å². The second kappa shape index (κ2) is 1.84. The molecule has 2 nitrogen and oxygen atoms in total. The van der Waals surface area contributed by atoms with E-state index in [0.717, 1.165) is 0 Å². The highest BCUT2D eigenvalue weighted by Crippen LogP contribution is 2.77. The van der Waals surface area contributed by atoms with Crippen LogP contribution in [0.1, 0.15) is 23.0 Å². The van der Waals surface area contributed by atoms with Crippen LogP contribution in [-0.2, 0) is 9.53 Å². The first-order valence-electron chi connectivity index (χ1n) is 5.67. The molecule has 1 heterocycles. The maximum atomic E-state index is 11.7. The predicted molar refractivity (Wildman–Crippen MR) is 52.3 cm³/mol. The zero-order valence-corrected chi connectivity index (χ0v) is 8.09. The third kappa shape index (κ3) is 0.543. The van der Waals surface area contributed by atoms with Crippen molar-refractivity contribution in [2.75, 3.05) is 0 Å². The van der Waals surface area contributed by atoms with Crippen molar-refractivity contribution in [2.45, 2.75) is 17.9 Å². The molecule has 6 atom stereocenters. The molecule has 1 aromatic rings. The van der Waals surface area contributed by atoms with Gasteiger partial charge in [-0.15, -0.1) is 0 Å². The number of hydrogen-bond donors (Lipinski definition) is 0. The molecule has 1 aromatic carbocycles. The molecule has 0 radical (unpaired) electrons. The minimum Gasteiger partial charge on any atom is -0.461 e. The third-order valence-corrected chi connectivity index (χ3v) is 4.91. The topological polar surface area (TPSA) is 26.3 Å². The zero-order valence-electron chi connectivity index (χ0n) is 8.09. The van der Waals surface area contributed by atoms with Crippen LogP contribution in [0.2, 0.25) is 0 Å². The Labute approximate surface area is 87.2 Å². The highest BCUT2D eigenvalue weighted by Gasteiger charge is 2.78. The van der Waals surface area contributed by atoms with Gasteiger partial charge < -0.3 is 4.74 Å². The molecular weight excluding hydrogens is 188 g/mol. The van der Waals surface area contributed by atoms with Gasteiger partial charge in [0.2, 0.25) is 0 Å². The van der Waals surface area contributed by atoms with Crippen molar-refractivity contribution in [3.05, 3.63) is 35.4 Å². The van der Waals surface area contributed by atoms with Gasteiger partial charge in [0.15, 0.2) is 0 Å². The maximum absolute atomic E-state index is 11.7. The molecule has 0 aromatic heterocycles. The molecule has 2 heteroatoms. The van der Waals surface area contributed by atoms with Crippen LogP contribution in [0.4, 0.5) is 0 Å². The summed E-state index contributed by atoms with van der Waals surface area (Å²) in [6, 6.07) is 8.62. The molecule has 6 rings (SSSR count). The summed E-state index contributed by atoms with van der Waals surface area (Å²) in [4.78, 5) is 11.7. The highest BCUT2D eigenvalue weighted by molar-refractivity contribution is 5.82. The van der Waals surface area contributed by atoms with E-state index in [4.69, 9.17) is 4.74 Å². The smallest absolute Gasteiger partial charge is 0.310 e. The van der Waals surface area contributed by atoms with Crippen LogP contribution in [0.3, 0.4) is 0 Å². The van der Waals surface area contributed by atoms with Crippen LogP contribution in [0.25, 0.3) is 0 Å². The van der Waals surface area contributed by atoms with Gasteiger partial charge in [-0.1, -0.05) is 24.3 Å². The molecular formula is C13H10O2. The van der Waals surface area contributed by atoms with Crippen LogP contribution >= 0.6 is 0 Å². The molecule has 0 unspecified atom stereocenters. The summed E-state index contributed by atoms with van der Waals surface area (Å²) >= 11 is 0. The fraction of sp³-hybridized carbons (Fsp3) is 0.462. The Morgan fingerprint density at radius 3 is 2.40 bits per heavy atom. The van der Waals surface area contributed by atoms with Gasteiger partial charge in [0.1, 0.15) is 6.10 Å². The van der Waals surface area contributed by atoms with Crippen molar-refractivity contribution < 1.29 is 9.53 Å². The van der Waals surface area contributed by atoms with E-state index < -0.39 is 0 Å². The van der Waals surface area contributed by atoms with Gasteiger partial charge in [-0.05, 0) is 23.0 Å². The molecule has 0 amide bonds. The summed E-state index contributed by atoms with van der Waals surface area (Å²) in [5.41, 5.74) is 2.90. The fourth-order valence-electron chi connectivity index (χ4n) is 4.50. The standard InChI is InChI=1S/C13H10O2/c14-13-11-8-6-4-2-1-3-5(6)7-9(11)10(7)12(8)15-13/h1-4,7-12H/t7-,8+,9+,10-,11+,12+/m1/s1. The quantitative estimate of drug-likeness (QED) is 0.593. The van der Waals surface area contributed by atoms with E-state index in [1.807, 2.05) is 0 Å². The lowest BCUT2D eigenvalue weighted by Gasteiger charge is -2.27. The van der Waals surface area contributed by atoms with Crippen LogP contribution < -0.4 is 0 Å². The molecule has 74 valence electrons. The first-order chi connectivity index (χ1) is 7.38. The van der Waals surface area contributed by atoms with Gasteiger partial charge in [-0.3, -0.25) is 4.79 Å². The van der Waals surface area contributed by atoms with Gasteiger partial charge in [0.05, 0.1) is 5.92 Å². The van der Waals surface area contributed by atoms with Crippen molar-refractivity contribution in [2.24, 2.45) is 17.8 Å². The second-order valence-electron chi connectivity index (χ2n) is 5.26. The van der Waals surface area contributed by atoms with Gasteiger partial charge in [-0.25, -0.2) is 0 Å². The normalized spacial score (nSPS) is 51.3. The lowest BCUT2D eigenvalue weighted by atomic mass is 9.74. The minimum absolute atomic E-state index is 0.0725. The Morgan fingerprint density at radius 2 is 1.67 bits per heavy atom. The van der Waals surface area contributed by atoms with Crippen LogP contribution in [0.15, 0.2) is 24.3 Å². The predicted octanol–water partition coefficient (Wildman–Crippen LogP) is 1.67. The fourth-order valence-corrected chi connectivity index (χ4v) is 4.50. The molecule has 3 fully saturated rings. The summed E-state index contributed by atoms with van der Waals surface area (Å²) in [6.07, 6.45) is 0.229. The van der Waals surface area contributed by atoms with E-state index >= 15 is 0 Å². The average molecular weight is 198 g/mol. The second-order valence-corrected chi connectivity index (χ2v) is 5.26. The summed E-state index contributed by atoms with van der Waals surface area (Å²) in [6.45, 7) is 0. The number of carbonyl (C=O) groups excluding carboxylic acids is 1. The molecule has 15 heavy (non-hydrogen) atoms. The van der Waals surface area contributed by atoms with Crippen molar-refractivity contribution in [1.82, 2.24) is 0 Å². The minimum atomic E-state index is 0.0725. The molecule has 1 saturated heterocycles.